The summed E-state index contributed by atoms with van der Waals surface area (Å²) in [5, 5.41) is 14.8. The van der Waals surface area contributed by atoms with E-state index in [-0.39, 0.29) is 17.8 Å². The Labute approximate surface area is 214 Å². The van der Waals surface area contributed by atoms with E-state index in [1.54, 1.807) is 30.9 Å². The molecule has 8 nitrogen and oxygen atoms in total. The van der Waals surface area contributed by atoms with Crippen LogP contribution in [0.5, 0.6) is 5.75 Å². The van der Waals surface area contributed by atoms with E-state index in [1.165, 1.54) is 12.1 Å². The van der Waals surface area contributed by atoms with E-state index in [0.717, 1.165) is 23.1 Å². The minimum absolute atomic E-state index is 0.0589. The second-order valence-corrected chi connectivity index (χ2v) is 10.2. The number of piperidine rings is 1. The maximum atomic E-state index is 14.1. The number of aromatic nitrogens is 5. The highest BCUT2D eigenvalue weighted by atomic mass is 19.1. The summed E-state index contributed by atoms with van der Waals surface area (Å²) in [6, 6.07) is 5.23. The number of ether oxygens (including phenoxy) is 1. The Morgan fingerprint density at radius 3 is 2.49 bits per heavy atom. The Bertz CT molecular complexity index is 1430. The first-order valence-electron chi connectivity index (χ1n) is 12.3. The van der Waals surface area contributed by atoms with Gasteiger partial charge in [0.25, 0.3) is 0 Å². The van der Waals surface area contributed by atoms with Crippen molar-refractivity contribution in [3.05, 3.63) is 60.2 Å². The Hall–Kier alpha value is -3.66. The molecule has 1 aliphatic heterocycles. The lowest BCUT2D eigenvalue weighted by atomic mass is 9.89. The molecule has 1 unspecified atom stereocenters. The van der Waals surface area contributed by atoms with Gasteiger partial charge in [0.2, 0.25) is 0 Å². The number of nitrogens with zero attached hydrogens (tertiary/aromatic N) is 6. The van der Waals surface area contributed by atoms with Crippen LogP contribution in [-0.2, 0) is 7.05 Å². The third kappa shape index (κ3) is 5.24. The molecule has 37 heavy (non-hydrogen) atoms. The number of fused-ring (bicyclic) bond motifs is 1. The van der Waals surface area contributed by atoms with E-state index in [9.17, 15) is 13.9 Å². The zero-order valence-corrected chi connectivity index (χ0v) is 21.3. The Kier molecular flexibility index (Phi) is 6.53. The largest absolute Gasteiger partial charge is 0.487 e. The number of rotatable bonds is 6. The molecular weight excluding hydrogens is 478 g/mol. The van der Waals surface area contributed by atoms with Crippen molar-refractivity contribution < 1.29 is 18.6 Å². The van der Waals surface area contributed by atoms with Crippen LogP contribution in [-0.4, -0.2) is 54.6 Å². The Morgan fingerprint density at radius 1 is 1.08 bits per heavy atom. The van der Waals surface area contributed by atoms with Crippen LogP contribution in [0.4, 0.5) is 14.6 Å². The number of halogens is 2. The fraction of sp³-hybridized carbons (Fsp3) is 0.407. The smallest absolute Gasteiger partial charge is 0.167 e. The minimum atomic E-state index is -0.927. The van der Waals surface area contributed by atoms with E-state index in [0.29, 0.717) is 42.7 Å². The van der Waals surface area contributed by atoms with E-state index in [4.69, 9.17) is 14.7 Å². The maximum absolute atomic E-state index is 14.1. The van der Waals surface area contributed by atoms with Gasteiger partial charge >= 0.3 is 0 Å². The van der Waals surface area contributed by atoms with Crippen molar-refractivity contribution in [1.29, 1.82) is 0 Å². The summed E-state index contributed by atoms with van der Waals surface area (Å²) in [7, 11) is 1.85. The molecular formula is C27H30F2N6O2. The van der Waals surface area contributed by atoms with E-state index in [1.807, 2.05) is 26.2 Å². The van der Waals surface area contributed by atoms with Crippen LogP contribution < -0.4 is 9.64 Å². The highest BCUT2D eigenvalue weighted by molar-refractivity contribution is 5.83. The van der Waals surface area contributed by atoms with Crippen molar-refractivity contribution in [2.45, 2.75) is 51.2 Å². The van der Waals surface area contributed by atoms with Gasteiger partial charge in [-0.05, 0) is 32.0 Å². The normalized spacial score (nSPS) is 15.8. The van der Waals surface area contributed by atoms with Crippen LogP contribution >= 0.6 is 0 Å². The van der Waals surface area contributed by atoms with Crippen LogP contribution in [0.1, 0.15) is 45.2 Å². The highest BCUT2D eigenvalue weighted by Crippen LogP contribution is 2.33. The Balaban J connectivity index is 1.44. The molecule has 1 fully saturated rings. The second kappa shape index (κ2) is 9.66. The SMILES string of the molecule is CC(c1cc2nc(-c3cnn(C)c3)c(N3CCC(Oc4ccc(F)cc4F)CC3)nc2cn1)C(C)(C)O. The first kappa shape index (κ1) is 25.0. The Morgan fingerprint density at radius 2 is 1.84 bits per heavy atom. The number of hydrogen-bond acceptors (Lipinski definition) is 7. The summed E-state index contributed by atoms with van der Waals surface area (Å²) in [6.07, 6.45) is 6.44. The van der Waals surface area contributed by atoms with Gasteiger partial charge in [-0.15, -0.1) is 0 Å². The van der Waals surface area contributed by atoms with Crippen molar-refractivity contribution in [3.63, 3.8) is 0 Å². The summed E-state index contributed by atoms with van der Waals surface area (Å²) >= 11 is 0. The number of anilines is 1. The van der Waals surface area contributed by atoms with Crippen molar-refractivity contribution in [1.82, 2.24) is 24.7 Å². The number of hydrogen-bond donors (Lipinski definition) is 1. The van der Waals surface area contributed by atoms with E-state index >= 15 is 0 Å². The topological polar surface area (TPSA) is 89.2 Å². The highest BCUT2D eigenvalue weighted by Gasteiger charge is 2.28. The molecule has 1 N–H and O–H groups in total. The first-order chi connectivity index (χ1) is 17.6. The van der Waals surface area contributed by atoms with Gasteiger partial charge < -0.3 is 14.7 Å². The molecule has 0 aliphatic carbocycles. The van der Waals surface area contributed by atoms with Crippen LogP contribution in [0, 0.1) is 11.6 Å². The fourth-order valence-corrected chi connectivity index (χ4v) is 4.46. The molecule has 0 amide bonds. The van der Waals surface area contributed by atoms with Crippen molar-refractivity contribution >= 4 is 16.9 Å². The average molecular weight is 509 g/mol. The number of aryl methyl sites for hydroxylation is 1. The van der Waals surface area contributed by atoms with Gasteiger partial charge in [-0.3, -0.25) is 9.67 Å². The van der Waals surface area contributed by atoms with Crippen molar-refractivity contribution in [2.75, 3.05) is 18.0 Å². The summed E-state index contributed by atoms with van der Waals surface area (Å²) in [5.41, 5.74) is 2.70. The first-order valence-corrected chi connectivity index (χ1v) is 12.3. The molecule has 0 bridgehead atoms. The molecule has 4 heterocycles. The molecule has 1 aromatic carbocycles. The number of benzene rings is 1. The molecule has 0 spiro atoms. The lowest BCUT2D eigenvalue weighted by molar-refractivity contribution is 0.0546. The van der Waals surface area contributed by atoms with Gasteiger partial charge in [-0.2, -0.15) is 5.10 Å². The van der Waals surface area contributed by atoms with E-state index < -0.39 is 17.2 Å². The molecule has 1 atom stereocenters. The average Bonchev–Trinajstić information content (AvgIpc) is 3.30. The standard InChI is InChI=1S/C27H30F2N6O2/c1-16(27(2,3)36)21-12-22-23(14-30-21)33-26(25(32-22)17-13-31-34(4)15-17)35-9-7-19(8-10-35)37-24-6-5-18(28)11-20(24)29/h5-6,11-16,19,36H,7-10H2,1-4H3. The predicted molar refractivity (Wildman–Crippen MR) is 136 cm³/mol. The molecule has 1 saturated heterocycles. The predicted octanol–water partition coefficient (Wildman–Crippen LogP) is 4.63. The van der Waals surface area contributed by atoms with Gasteiger partial charge in [0.05, 0.1) is 23.5 Å². The molecule has 0 saturated carbocycles. The molecule has 1 aliphatic rings. The zero-order valence-electron chi connectivity index (χ0n) is 21.3. The third-order valence-electron chi connectivity index (χ3n) is 6.96. The molecule has 194 valence electrons. The van der Waals surface area contributed by atoms with Crippen LogP contribution in [0.15, 0.2) is 42.9 Å². The monoisotopic (exact) mass is 508 g/mol. The van der Waals surface area contributed by atoms with Crippen LogP contribution in [0.25, 0.3) is 22.3 Å². The van der Waals surface area contributed by atoms with E-state index in [2.05, 4.69) is 15.0 Å². The van der Waals surface area contributed by atoms with Gasteiger partial charge in [0.1, 0.15) is 23.1 Å². The summed E-state index contributed by atoms with van der Waals surface area (Å²) < 4.78 is 34.8. The molecule has 4 aromatic rings. The quantitative estimate of drug-likeness (QED) is 0.406. The summed E-state index contributed by atoms with van der Waals surface area (Å²) in [4.78, 5) is 16.6. The zero-order chi connectivity index (χ0) is 26.3. The number of pyridine rings is 1. The van der Waals surface area contributed by atoms with Gasteiger partial charge in [0, 0.05) is 62.4 Å². The second-order valence-electron chi connectivity index (χ2n) is 10.2. The summed E-state index contributed by atoms with van der Waals surface area (Å²) in [5.74, 6) is -0.744. The van der Waals surface area contributed by atoms with Crippen LogP contribution in [0.2, 0.25) is 0 Å². The molecule has 3 aromatic heterocycles. The van der Waals surface area contributed by atoms with Gasteiger partial charge in [-0.1, -0.05) is 6.92 Å². The van der Waals surface area contributed by atoms with Gasteiger partial charge in [-0.25, -0.2) is 18.7 Å². The minimum Gasteiger partial charge on any atom is -0.487 e. The lowest BCUT2D eigenvalue weighted by Crippen LogP contribution is -2.39. The van der Waals surface area contributed by atoms with Crippen molar-refractivity contribution in [2.24, 2.45) is 7.05 Å². The lowest BCUT2D eigenvalue weighted by Gasteiger charge is -2.33. The molecule has 10 heteroatoms. The third-order valence-corrected chi connectivity index (χ3v) is 6.96. The van der Waals surface area contributed by atoms with Gasteiger partial charge in [0.15, 0.2) is 17.4 Å². The summed E-state index contributed by atoms with van der Waals surface area (Å²) in [6.45, 7) is 6.71. The van der Waals surface area contributed by atoms with Crippen molar-refractivity contribution in [3.8, 4) is 17.0 Å². The fourth-order valence-electron chi connectivity index (χ4n) is 4.46. The molecule has 0 radical (unpaired) electrons. The molecule has 5 rings (SSSR count). The number of aliphatic hydroxyl groups is 1. The maximum Gasteiger partial charge on any atom is 0.167 e. The van der Waals surface area contributed by atoms with Crippen LogP contribution in [0.3, 0.4) is 0 Å².